The molecule has 0 bridgehead atoms. The van der Waals surface area contributed by atoms with Crippen LogP contribution in [0.15, 0.2) is 42.6 Å². The Labute approximate surface area is 124 Å². The van der Waals surface area contributed by atoms with Gasteiger partial charge in [-0.1, -0.05) is 18.2 Å². The number of aryl methyl sites for hydroxylation is 1. The maximum absolute atomic E-state index is 6.08. The van der Waals surface area contributed by atoms with Gasteiger partial charge >= 0.3 is 0 Å². The van der Waals surface area contributed by atoms with Crippen LogP contribution in [-0.2, 0) is 0 Å². The van der Waals surface area contributed by atoms with E-state index in [-0.39, 0.29) is 6.04 Å². The van der Waals surface area contributed by atoms with Crippen molar-refractivity contribution < 1.29 is 4.74 Å². The van der Waals surface area contributed by atoms with Gasteiger partial charge in [0.15, 0.2) is 0 Å². The van der Waals surface area contributed by atoms with Crippen LogP contribution in [0, 0.1) is 6.92 Å². The summed E-state index contributed by atoms with van der Waals surface area (Å²) in [7, 11) is 1.68. The zero-order chi connectivity index (χ0) is 15.0. The van der Waals surface area contributed by atoms with E-state index < -0.39 is 0 Å². The molecule has 108 valence electrons. The van der Waals surface area contributed by atoms with Gasteiger partial charge < -0.3 is 10.5 Å². The monoisotopic (exact) mass is 281 g/mol. The van der Waals surface area contributed by atoms with Gasteiger partial charge in [-0.3, -0.25) is 0 Å². The van der Waals surface area contributed by atoms with Crippen molar-refractivity contribution >= 4 is 16.6 Å². The van der Waals surface area contributed by atoms with E-state index in [9.17, 15) is 0 Å². The summed E-state index contributed by atoms with van der Waals surface area (Å²) in [6, 6.07) is 12.6. The van der Waals surface area contributed by atoms with E-state index in [1.165, 1.54) is 10.9 Å². The SMILES string of the molecule is COc1ccc2cc(C(C)n3ncc(C)c3N)ccc2c1. The summed E-state index contributed by atoms with van der Waals surface area (Å²) in [5.74, 6) is 1.59. The number of nitrogen functional groups attached to an aromatic ring is 1. The Morgan fingerprint density at radius 1 is 1.14 bits per heavy atom. The van der Waals surface area contributed by atoms with Gasteiger partial charge in [-0.15, -0.1) is 0 Å². The summed E-state index contributed by atoms with van der Waals surface area (Å²) in [5.41, 5.74) is 8.26. The van der Waals surface area contributed by atoms with Crippen molar-refractivity contribution in [2.75, 3.05) is 12.8 Å². The maximum atomic E-state index is 6.08. The molecule has 0 amide bonds. The van der Waals surface area contributed by atoms with Crippen LogP contribution < -0.4 is 10.5 Å². The van der Waals surface area contributed by atoms with Crippen LogP contribution in [0.25, 0.3) is 10.8 Å². The number of anilines is 1. The molecule has 0 aliphatic rings. The van der Waals surface area contributed by atoms with Crippen LogP contribution in [0.3, 0.4) is 0 Å². The molecule has 0 saturated heterocycles. The van der Waals surface area contributed by atoms with E-state index >= 15 is 0 Å². The molecular formula is C17H19N3O. The predicted molar refractivity (Wildman–Crippen MR) is 85.7 cm³/mol. The summed E-state index contributed by atoms with van der Waals surface area (Å²) < 4.78 is 7.12. The lowest BCUT2D eigenvalue weighted by molar-refractivity contribution is 0.415. The molecule has 0 radical (unpaired) electrons. The third kappa shape index (κ3) is 2.33. The quantitative estimate of drug-likeness (QED) is 0.798. The molecule has 0 aliphatic heterocycles. The molecule has 2 N–H and O–H groups in total. The first kappa shape index (κ1) is 13.5. The first-order chi connectivity index (χ1) is 10.1. The molecule has 1 heterocycles. The molecule has 0 aliphatic carbocycles. The Bertz CT molecular complexity index is 792. The summed E-state index contributed by atoms with van der Waals surface area (Å²) in [5, 5.41) is 6.72. The van der Waals surface area contributed by atoms with Crippen LogP contribution in [-0.4, -0.2) is 16.9 Å². The predicted octanol–water partition coefficient (Wildman–Crippen LogP) is 3.54. The molecule has 1 atom stereocenters. The molecule has 0 spiro atoms. The minimum atomic E-state index is 0.102. The molecule has 1 unspecified atom stereocenters. The number of hydrogen-bond donors (Lipinski definition) is 1. The summed E-state index contributed by atoms with van der Waals surface area (Å²) in [4.78, 5) is 0. The number of fused-ring (bicyclic) bond motifs is 1. The van der Waals surface area contributed by atoms with Crippen molar-refractivity contribution in [3.05, 3.63) is 53.7 Å². The van der Waals surface area contributed by atoms with E-state index in [1.807, 2.05) is 23.7 Å². The van der Waals surface area contributed by atoms with E-state index in [0.29, 0.717) is 0 Å². The number of nitrogens with zero attached hydrogens (tertiary/aromatic N) is 2. The Balaban J connectivity index is 2.02. The van der Waals surface area contributed by atoms with Crippen molar-refractivity contribution in [2.24, 2.45) is 0 Å². The van der Waals surface area contributed by atoms with Crippen molar-refractivity contribution in [3.8, 4) is 5.75 Å². The van der Waals surface area contributed by atoms with Crippen LogP contribution in [0.1, 0.15) is 24.1 Å². The van der Waals surface area contributed by atoms with Gasteiger partial charge in [0.1, 0.15) is 11.6 Å². The highest BCUT2D eigenvalue weighted by molar-refractivity contribution is 5.84. The Kier molecular flexibility index (Phi) is 3.29. The molecule has 2 aromatic carbocycles. The number of ether oxygens (including phenoxy) is 1. The molecule has 0 fully saturated rings. The lowest BCUT2D eigenvalue weighted by Crippen LogP contribution is -2.11. The lowest BCUT2D eigenvalue weighted by Gasteiger charge is -2.15. The second kappa shape index (κ2) is 5.13. The average Bonchev–Trinajstić information content (AvgIpc) is 2.85. The van der Waals surface area contributed by atoms with E-state index in [0.717, 1.165) is 22.5 Å². The number of methoxy groups -OCH3 is 1. The standard InChI is InChI=1S/C17H19N3O/c1-11-10-19-20(17(11)18)12(2)13-4-5-15-9-16(21-3)7-6-14(15)8-13/h4-10,12H,18H2,1-3H3. The second-order valence-electron chi connectivity index (χ2n) is 5.31. The zero-order valence-electron chi connectivity index (χ0n) is 12.5. The van der Waals surface area contributed by atoms with E-state index in [4.69, 9.17) is 10.5 Å². The molecule has 1 aromatic heterocycles. The number of rotatable bonds is 3. The number of hydrogen-bond acceptors (Lipinski definition) is 3. The normalized spacial score (nSPS) is 12.5. The molecule has 4 nitrogen and oxygen atoms in total. The van der Waals surface area contributed by atoms with Crippen molar-refractivity contribution in [2.45, 2.75) is 19.9 Å². The largest absolute Gasteiger partial charge is 0.497 e. The molecule has 0 saturated carbocycles. The smallest absolute Gasteiger partial charge is 0.125 e. The highest BCUT2D eigenvalue weighted by Gasteiger charge is 2.13. The van der Waals surface area contributed by atoms with Gasteiger partial charge in [-0.25, -0.2) is 4.68 Å². The third-order valence-corrected chi connectivity index (χ3v) is 3.95. The van der Waals surface area contributed by atoms with Crippen LogP contribution in [0.5, 0.6) is 5.75 Å². The Hall–Kier alpha value is -2.49. The first-order valence-electron chi connectivity index (χ1n) is 6.97. The lowest BCUT2D eigenvalue weighted by atomic mass is 10.0. The maximum Gasteiger partial charge on any atom is 0.125 e. The highest BCUT2D eigenvalue weighted by Crippen LogP contribution is 2.27. The van der Waals surface area contributed by atoms with Gasteiger partial charge in [0, 0.05) is 5.56 Å². The fourth-order valence-electron chi connectivity index (χ4n) is 2.54. The molecule has 21 heavy (non-hydrogen) atoms. The zero-order valence-corrected chi connectivity index (χ0v) is 12.5. The van der Waals surface area contributed by atoms with Crippen molar-refractivity contribution in [1.82, 2.24) is 9.78 Å². The molecule has 3 rings (SSSR count). The van der Waals surface area contributed by atoms with Crippen molar-refractivity contribution in [1.29, 1.82) is 0 Å². The third-order valence-electron chi connectivity index (χ3n) is 3.95. The van der Waals surface area contributed by atoms with E-state index in [2.05, 4.69) is 36.3 Å². The second-order valence-corrected chi connectivity index (χ2v) is 5.31. The first-order valence-corrected chi connectivity index (χ1v) is 6.97. The topological polar surface area (TPSA) is 53.1 Å². The van der Waals surface area contributed by atoms with E-state index in [1.54, 1.807) is 13.3 Å². The molecule has 3 aromatic rings. The average molecular weight is 281 g/mol. The van der Waals surface area contributed by atoms with Crippen LogP contribution in [0.4, 0.5) is 5.82 Å². The van der Waals surface area contributed by atoms with Crippen LogP contribution >= 0.6 is 0 Å². The summed E-state index contributed by atoms with van der Waals surface area (Å²) in [6.07, 6.45) is 1.80. The Morgan fingerprint density at radius 3 is 2.52 bits per heavy atom. The van der Waals surface area contributed by atoms with Gasteiger partial charge in [0.05, 0.1) is 19.3 Å². The van der Waals surface area contributed by atoms with Gasteiger partial charge in [-0.2, -0.15) is 5.10 Å². The Morgan fingerprint density at radius 2 is 1.86 bits per heavy atom. The number of aromatic nitrogens is 2. The summed E-state index contributed by atoms with van der Waals surface area (Å²) in [6.45, 7) is 4.08. The number of nitrogens with two attached hydrogens (primary N) is 1. The summed E-state index contributed by atoms with van der Waals surface area (Å²) >= 11 is 0. The fraction of sp³-hybridized carbons (Fsp3) is 0.235. The fourth-order valence-corrected chi connectivity index (χ4v) is 2.54. The van der Waals surface area contributed by atoms with Gasteiger partial charge in [0.2, 0.25) is 0 Å². The highest BCUT2D eigenvalue weighted by atomic mass is 16.5. The number of benzene rings is 2. The van der Waals surface area contributed by atoms with Gasteiger partial charge in [-0.05, 0) is 48.4 Å². The van der Waals surface area contributed by atoms with Crippen molar-refractivity contribution in [3.63, 3.8) is 0 Å². The van der Waals surface area contributed by atoms with Gasteiger partial charge in [0.25, 0.3) is 0 Å². The minimum Gasteiger partial charge on any atom is -0.497 e. The molecule has 4 heteroatoms. The molecular weight excluding hydrogens is 262 g/mol. The van der Waals surface area contributed by atoms with Crippen LogP contribution in [0.2, 0.25) is 0 Å². The minimum absolute atomic E-state index is 0.102.